The van der Waals surface area contributed by atoms with Gasteiger partial charge in [-0.3, -0.25) is 0 Å². The molecular formula is C12H16F3N. The predicted molar refractivity (Wildman–Crippen MR) is 58.0 cm³/mol. The highest BCUT2D eigenvalue weighted by molar-refractivity contribution is 5.21. The molecule has 0 aliphatic heterocycles. The average molecular weight is 231 g/mol. The van der Waals surface area contributed by atoms with Gasteiger partial charge in [0.25, 0.3) is 5.92 Å². The lowest BCUT2D eigenvalue weighted by molar-refractivity contribution is -0.00865. The van der Waals surface area contributed by atoms with Crippen LogP contribution in [0.15, 0.2) is 24.3 Å². The zero-order valence-electron chi connectivity index (χ0n) is 9.65. The van der Waals surface area contributed by atoms with Gasteiger partial charge < -0.3 is 5.32 Å². The molecule has 1 aromatic carbocycles. The van der Waals surface area contributed by atoms with Crippen LogP contribution in [0.5, 0.6) is 0 Å². The fraction of sp³-hybridized carbons (Fsp3) is 0.500. The normalized spacial score (nSPS) is 12.9. The van der Waals surface area contributed by atoms with E-state index in [1.54, 1.807) is 0 Å². The molecule has 0 unspecified atom stereocenters. The van der Waals surface area contributed by atoms with Crippen molar-refractivity contribution in [3.63, 3.8) is 0 Å². The summed E-state index contributed by atoms with van der Waals surface area (Å²) in [5.74, 6) is -3.50. The Labute approximate surface area is 93.7 Å². The predicted octanol–water partition coefficient (Wildman–Crippen LogP) is 3.31. The fourth-order valence-corrected chi connectivity index (χ4v) is 1.17. The Hall–Kier alpha value is -1.03. The summed E-state index contributed by atoms with van der Waals surface area (Å²) < 4.78 is 39.9. The van der Waals surface area contributed by atoms with Crippen molar-refractivity contribution in [2.45, 2.75) is 32.2 Å². The van der Waals surface area contributed by atoms with E-state index < -0.39 is 18.3 Å². The van der Waals surface area contributed by atoms with Gasteiger partial charge in [0.2, 0.25) is 0 Å². The minimum Gasteiger partial charge on any atom is -0.306 e. The molecular weight excluding hydrogens is 215 g/mol. The lowest BCUT2D eigenvalue weighted by Crippen LogP contribution is -2.42. The van der Waals surface area contributed by atoms with Gasteiger partial charge >= 0.3 is 0 Å². The van der Waals surface area contributed by atoms with E-state index in [2.05, 4.69) is 5.32 Å². The Morgan fingerprint density at radius 3 is 2.00 bits per heavy atom. The molecule has 0 spiro atoms. The van der Waals surface area contributed by atoms with Crippen molar-refractivity contribution in [1.82, 2.24) is 5.32 Å². The number of hydrogen-bond acceptors (Lipinski definition) is 1. The van der Waals surface area contributed by atoms with Crippen molar-refractivity contribution in [3.05, 3.63) is 35.6 Å². The fourth-order valence-electron chi connectivity index (χ4n) is 1.17. The Morgan fingerprint density at radius 1 is 1.06 bits per heavy atom. The third-order valence-electron chi connectivity index (χ3n) is 2.11. The molecule has 0 heterocycles. The molecule has 1 aromatic rings. The van der Waals surface area contributed by atoms with E-state index in [1.807, 2.05) is 20.8 Å². The highest BCUT2D eigenvalue weighted by atomic mass is 19.3. The molecule has 0 saturated carbocycles. The van der Waals surface area contributed by atoms with E-state index in [0.29, 0.717) is 0 Å². The first kappa shape index (κ1) is 13.0. The van der Waals surface area contributed by atoms with Crippen LogP contribution in [0.1, 0.15) is 26.3 Å². The summed E-state index contributed by atoms with van der Waals surface area (Å²) in [6, 6.07) is 4.31. The molecule has 90 valence electrons. The van der Waals surface area contributed by atoms with Crippen LogP contribution in [-0.2, 0) is 5.92 Å². The van der Waals surface area contributed by atoms with Crippen molar-refractivity contribution in [2.75, 3.05) is 6.54 Å². The minimum absolute atomic E-state index is 0.175. The van der Waals surface area contributed by atoms with Crippen LogP contribution in [0.25, 0.3) is 0 Å². The zero-order chi connectivity index (χ0) is 12.4. The first-order valence-corrected chi connectivity index (χ1v) is 5.10. The van der Waals surface area contributed by atoms with Gasteiger partial charge in [-0.1, -0.05) is 12.1 Å². The summed E-state index contributed by atoms with van der Waals surface area (Å²) in [7, 11) is 0. The molecule has 0 saturated heterocycles. The molecule has 0 aromatic heterocycles. The van der Waals surface area contributed by atoms with Crippen LogP contribution in [0.2, 0.25) is 0 Å². The monoisotopic (exact) mass is 231 g/mol. The van der Waals surface area contributed by atoms with Gasteiger partial charge in [0.05, 0.1) is 6.54 Å². The summed E-state index contributed by atoms with van der Waals surface area (Å²) in [6.45, 7) is 4.98. The molecule has 0 aliphatic carbocycles. The number of halogens is 3. The molecule has 0 fully saturated rings. The molecule has 0 atom stereocenters. The van der Waals surface area contributed by atoms with Crippen molar-refractivity contribution < 1.29 is 13.2 Å². The van der Waals surface area contributed by atoms with Gasteiger partial charge in [-0.2, -0.15) is 8.78 Å². The highest BCUT2D eigenvalue weighted by Crippen LogP contribution is 2.27. The molecule has 1 rings (SSSR count). The quantitative estimate of drug-likeness (QED) is 0.841. The SMILES string of the molecule is CC(C)(C)NCC(F)(F)c1ccc(F)cc1. The van der Waals surface area contributed by atoms with Crippen molar-refractivity contribution in [1.29, 1.82) is 0 Å². The lowest BCUT2D eigenvalue weighted by Gasteiger charge is -2.25. The molecule has 1 nitrogen and oxygen atoms in total. The van der Waals surface area contributed by atoms with Gasteiger partial charge in [-0.15, -0.1) is 0 Å². The molecule has 0 bridgehead atoms. The van der Waals surface area contributed by atoms with Gasteiger partial charge in [0.15, 0.2) is 0 Å². The van der Waals surface area contributed by atoms with Gasteiger partial charge in [0, 0.05) is 11.1 Å². The molecule has 4 heteroatoms. The van der Waals surface area contributed by atoms with Crippen LogP contribution < -0.4 is 5.32 Å². The van der Waals surface area contributed by atoms with E-state index in [4.69, 9.17) is 0 Å². The molecule has 16 heavy (non-hydrogen) atoms. The van der Waals surface area contributed by atoms with E-state index in [0.717, 1.165) is 24.3 Å². The van der Waals surface area contributed by atoms with E-state index in [9.17, 15) is 13.2 Å². The van der Waals surface area contributed by atoms with Gasteiger partial charge in [0.1, 0.15) is 5.82 Å². The number of benzene rings is 1. The number of rotatable bonds is 3. The van der Waals surface area contributed by atoms with E-state index >= 15 is 0 Å². The second-order valence-electron chi connectivity index (χ2n) is 4.81. The van der Waals surface area contributed by atoms with Crippen molar-refractivity contribution >= 4 is 0 Å². The lowest BCUT2D eigenvalue weighted by atomic mass is 10.1. The van der Waals surface area contributed by atoms with Crippen molar-refractivity contribution in [2.24, 2.45) is 0 Å². The summed E-state index contributed by atoms with van der Waals surface area (Å²) in [5, 5.41) is 2.73. The van der Waals surface area contributed by atoms with Crippen LogP contribution >= 0.6 is 0 Å². The van der Waals surface area contributed by atoms with Crippen LogP contribution in [-0.4, -0.2) is 12.1 Å². The second-order valence-corrected chi connectivity index (χ2v) is 4.81. The number of alkyl halides is 2. The third-order valence-corrected chi connectivity index (χ3v) is 2.11. The Balaban J connectivity index is 2.73. The topological polar surface area (TPSA) is 12.0 Å². The summed E-state index contributed by atoms with van der Waals surface area (Å²) in [4.78, 5) is 0. The standard InChI is InChI=1S/C12H16F3N/c1-11(2,3)16-8-12(14,15)9-4-6-10(13)7-5-9/h4-7,16H,8H2,1-3H3. The summed E-state index contributed by atoms with van der Waals surface area (Å²) in [5.41, 5.74) is -0.547. The highest BCUT2D eigenvalue weighted by Gasteiger charge is 2.32. The smallest absolute Gasteiger partial charge is 0.285 e. The molecule has 1 N–H and O–H groups in total. The number of nitrogens with one attached hydrogen (secondary N) is 1. The summed E-state index contributed by atoms with van der Waals surface area (Å²) in [6.07, 6.45) is 0. The second kappa shape index (κ2) is 4.45. The Kier molecular flexibility index (Phi) is 3.63. The molecule has 0 amide bonds. The molecule has 0 radical (unpaired) electrons. The Morgan fingerprint density at radius 2 is 1.56 bits per heavy atom. The van der Waals surface area contributed by atoms with Crippen LogP contribution in [0.3, 0.4) is 0 Å². The van der Waals surface area contributed by atoms with E-state index in [1.165, 1.54) is 0 Å². The first-order chi connectivity index (χ1) is 7.21. The average Bonchev–Trinajstić information content (AvgIpc) is 2.15. The van der Waals surface area contributed by atoms with Crippen molar-refractivity contribution in [3.8, 4) is 0 Å². The summed E-state index contributed by atoms with van der Waals surface area (Å²) >= 11 is 0. The zero-order valence-corrected chi connectivity index (χ0v) is 9.65. The number of hydrogen-bond donors (Lipinski definition) is 1. The van der Waals surface area contributed by atoms with Gasteiger partial charge in [-0.05, 0) is 32.9 Å². The Bertz CT molecular complexity index is 338. The largest absolute Gasteiger partial charge is 0.306 e. The maximum Gasteiger partial charge on any atom is 0.285 e. The van der Waals surface area contributed by atoms with Crippen LogP contribution in [0, 0.1) is 5.82 Å². The maximum absolute atomic E-state index is 13.6. The molecule has 0 aliphatic rings. The third kappa shape index (κ3) is 3.85. The minimum atomic E-state index is -2.99. The van der Waals surface area contributed by atoms with Gasteiger partial charge in [-0.25, -0.2) is 4.39 Å². The first-order valence-electron chi connectivity index (χ1n) is 5.10. The van der Waals surface area contributed by atoms with Crippen LogP contribution in [0.4, 0.5) is 13.2 Å². The van der Waals surface area contributed by atoms with E-state index in [-0.39, 0.29) is 11.1 Å². The maximum atomic E-state index is 13.6.